The fourth-order valence-electron chi connectivity index (χ4n) is 2.80. The highest BCUT2D eigenvalue weighted by Gasteiger charge is 2.15. The van der Waals surface area contributed by atoms with E-state index >= 15 is 0 Å². The summed E-state index contributed by atoms with van der Waals surface area (Å²) in [6.45, 7) is 2.23. The topological polar surface area (TPSA) is 116 Å². The maximum Gasteiger partial charge on any atom is 0.313 e. The Balaban J connectivity index is 1.80. The molecule has 1 atom stereocenters. The molecular weight excluding hydrogens is 480 g/mol. The Labute approximate surface area is 205 Å². The highest BCUT2D eigenvalue weighted by Crippen LogP contribution is 2.31. The number of carbonyl (C=O) groups is 2. The Morgan fingerprint density at radius 2 is 1.79 bits per heavy atom. The van der Waals surface area contributed by atoms with E-state index in [9.17, 15) is 9.59 Å². The molecule has 34 heavy (non-hydrogen) atoms. The molecule has 0 fully saturated rings. The van der Waals surface area contributed by atoms with E-state index in [1.807, 2.05) is 6.92 Å². The van der Waals surface area contributed by atoms with Crippen molar-refractivity contribution in [2.45, 2.75) is 17.2 Å². The second-order valence-corrected chi connectivity index (χ2v) is 9.28. The van der Waals surface area contributed by atoms with Gasteiger partial charge in [-0.25, -0.2) is 4.98 Å². The van der Waals surface area contributed by atoms with Crippen LogP contribution in [0.2, 0.25) is 0 Å². The average molecular weight is 505 g/mol. The first-order valence-corrected chi connectivity index (χ1v) is 11.9. The number of ether oxygens (including phenoxy) is 4. The molecular formula is C23H24N2O7S2. The van der Waals surface area contributed by atoms with Gasteiger partial charge in [0.25, 0.3) is 5.91 Å². The summed E-state index contributed by atoms with van der Waals surface area (Å²) in [7, 11) is 3.16. The molecule has 1 amide bonds. The number of hydrogen-bond donors (Lipinski definition) is 2. The van der Waals surface area contributed by atoms with E-state index < -0.39 is 11.9 Å². The minimum absolute atomic E-state index is 0.0827. The molecule has 3 aromatic rings. The third-order valence-electron chi connectivity index (χ3n) is 4.22. The molecule has 0 aliphatic heterocycles. The summed E-state index contributed by atoms with van der Waals surface area (Å²) < 4.78 is 22.8. The number of aromatic nitrogens is 1. The lowest BCUT2D eigenvalue weighted by molar-refractivity contribution is -0.133. The fourth-order valence-corrected chi connectivity index (χ4v) is 4.38. The first kappa shape index (κ1) is 25.3. The number of carbonyl (C=O) groups excluding carboxylic acids is 1. The van der Waals surface area contributed by atoms with Gasteiger partial charge in [-0.1, -0.05) is 11.3 Å². The number of hydrogen-bond acceptors (Lipinski definition) is 9. The van der Waals surface area contributed by atoms with Crippen molar-refractivity contribution < 1.29 is 33.6 Å². The lowest BCUT2D eigenvalue weighted by Gasteiger charge is -2.16. The molecule has 3 rings (SSSR count). The third kappa shape index (κ3) is 7.65. The number of amides is 1. The fraction of sp³-hybridized carbons (Fsp3) is 0.261. The highest BCUT2D eigenvalue weighted by molar-refractivity contribution is 8.01. The summed E-state index contributed by atoms with van der Waals surface area (Å²) >= 11 is 2.33. The van der Waals surface area contributed by atoms with Gasteiger partial charge in [0, 0.05) is 18.7 Å². The maximum atomic E-state index is 12.9. The van der Waals surface area contributed by atoms with Crippen molar-refractivity contribution in [3.8, 4) is 23.0 Å². The van der Waals surface area contributed by atoms with Gasteiger partial charge in [-0.05, 0) is 43.3 Å². The van der Waals surface area contributed by atoms with E-state index in [-0.39, 0.29) is 11.9 Å². The van der Waals surface area contributed by atoms with Crippen LogP contribution in [0.4, 0.5) is 5.13 Å². The molecule has 2 aromatic carbocycles. The van der Waals surface area contributed by atoms with Crippen molar-refractivity contribution in [1.82, 2.24) is 4.98 Å². The number of anilines is 1. The van der Waals surface area contributed by atoms with Crippen LogP contribution in [0.25, 0.3) is 0 Å². The van der Waals surface area contributed by atoms with Gasteiger partial charge in [0.2, 0.25) is 0 Å². The van der Waals surface area contributed by atoms with E-state index in [1.165, 1.54) is 17.5 Å². The molecule has 0 radical (unpaired) electrons. The molecule has 0 aliphatic carbocycles. The minimum atomic E-state index is -0.923. The van der Waals surface area contributed by atoms with Crippen molar-refractivity contribution in [3.05, 3.63) is 54.2 Å². The van der Waals surface area contributed by atoms with Gasteiger partial charge in [0.1, 0.15) is 29.1 Å². The van der Waals surface area contributed by atoms with E-state index in [2.05, 4.69) is 10.3 Å². The van der Waals surface area contributed by atoms with Gasteiger partial charge in [-0.2, -0.15) is 0 Å². The third-order valence-corrected chi connectivity index (χ3v) is 6.31. The summed E-state index contributed by atoms with van der Waals surface area (Å²) in [6.07, 6.45) is 1.28. The van der Waals surface area contributed by atoms with Crippen LogP contribution in [0.3, 0.4) is 0 Å². The lowest BCUT2D eigenvalue weighted by Crippen LogP contribution is -2.18. The van der Waals surface area contributed by atoms with Crippen LogP contribution >= 0.6 is 23.1 Å². The van der Waals surface area contributed by atoms with Crippen molar-refractivity contribution in [2.75, 3.05) is 31.9 Å². The highest BCUT2D eigenvalue weighted by atomic mass is 32.2. The minimum Gasteiger partial charge on any atom is -0.497 e. The zero-order chi connectivity index (χ0) is 24.5. The van der Waals surface area contributed by atoms with E-state index in [1.54, 1.807) is 56.7 Å². The van der Waals surface area contributed by atoms with Gasteiger partial charge in [-0.15, -0.1) is 11.8 Å². The summed E-state index contributed by atoms with van der Waals surface area (Å²) in [6, 6.07) is 11.9. The van der Waals surface area contributed by atoms with E-state index in [0.29, 0.717) is 44.5 Å². The van der Waals surface area contributed by atoms with Crippen molar-refractivity contribution in [2.24, 2.45) is 0 Å². The predicted octanol–water partition coefficient (Wildman–Crippen LogP) is 4.79. The van der Waals surface area contributed by atoms with E-state index in [0.717, 1.165) is 11.8 Å². The number of methoxy groups -OCH3 is 2. The number of thioether (sulfide) groups is 1. The van der Waals surface area contributed by atoms with E-state index in [4.69, 9.17) is 24.1 Å². The Kier molecular flexibility index (Phi) is 9.14. The number of aliphatic carboxylic acids is 1. The zero-order valence-electron chi connectivity index (χ0n) is 18.8. The molecule has 180 valence electrons. The van der Waals surface area contributed by atoms with Crippen molar-refractivity contribution in [1.29, 1.82) is 0 Å². The standard InChI is InChI=1S/C23H24N2O7S2/c1-14(12-29-2)31-18-8-15(9-19(10-18)32-17-6-4-16(30-3)5-7-17)22(28)25-23-24-11-21(34-23)33-13-20(26)27/h4-11,14H,12-13H2,1-3H3,(H,26,27)(H,24,25,28)/t14-/m0/s1. The number of nitrogens with zero attached hydrogens (tertiary/aromatic N) is 1. The maximum absolute atomic E-state index is 12.9. The van der Waals surface area contributed by atoms with Gasteiger partial charge >= 0.3 is 5.97 Å². The monoisotopic (exact) mass is 504 g/mol. The smallest absolute Gasteiger partial charge is 0.313 e. The lowest BCUT2D eigenvalue weighted by atomic mass is 10.2. The summed E-state index contributed by atoms with van der Waals surface area (Å²) in [4.78, 5) is 27.8. The van der Waals surface area contributed by atoms with Crippen molar-refractivity contribution in [3.63, 3.8) is 0 Å². The Bertz CT molecular complexity index is 1120. The number of rotatable bonds is 12. The summed E-state index contributed by atoms with van der Waals surface area (Å²) in [5, 5.41) is 11.9. The molecule has 1 heterocycles. The zero-order valence-corrected chi connectivity index (χ0v) is 20.4. The van der Waals surface area contributed by atoms with Gasteiger partial charge < -0.3 is 24.1 Å². The van der Waals surface area contributed by atoms with Crippen LogP contribution in [0.5, 0.6) is 23.0 Å². The molecule has 0 unspecified atom stereocenters. The molecule has 11 heteroatoms. The first-order valence-electron chi connectivity index (χ1n) is 10.1. The second kappa shape index (κ2) is 12.3. The second-order valence-electron chi connectivity index (χ2n) is 6.98. The summed E-state index contributed by atoms with van der Waals surface area (Å²) in [5.41, 5.74) is 0.306. The molecule has 0 bridgehead atoms. The van der Waals surface area contributed by atoms with Crippen LogP contribution in [0.15, 0.2) is 52.9 Å². The number of nitrogens with one attached hydrogen (secondary N) is 1. The normalized spacial score (nSPS) is 11.5. The van der Waals surface area contributed by atoms with Crippen LogP contribution in [0.1, 0.15) is 17.3 Å². The Hall–Kier alpha value is -3.28. The van der Waals surface area contributed by atoms with Crippen LogP contribution < -0.4 is 19.5 Å². The number of thiazole rings is 1. The largest absolute Gasteiger partial charge is 0.497 e. The quantitative estimate of drug-likeness (QED) is 0.336. The van der Waals surface area contributed by atoms with Crippen LogP contribution in [-0.4, -0.2) is 54.7 Å². The molecule has 0 aliphatic rings. The molecule has 0 saturated heterocycles. The molecule has 0 spiro atoms. The molecule has 0 saturated carbocycles. The molecule has 1 aromatic heterocycles. The summed E-state index contributed by atoms with van der Waals surface area (Å²) in [5.74, 6) is 0.700. The molecule has 9 nitrogen and oxygen atoms in total. The predicted molar refractivity (Wildman–Crippen MR) is 130 cm³/mol. The molecule has 2 N–H and O–H groups in total. The van der Waals surface area contributed by atoms with Crippen LogP contribution in [-0.2, 0) is 9.53 Å². The number of carboxylic acids is 1. The van der Waals surface area contributed by atoms with Gasteiger partial charge in [0.15, 0.2) is 5.13 Å². The SMILES string of the molecule is COC[C@H](C)Oc1cc(Oc2ccc(OC)cc2)cc(C(=O)Nc2ncc(SCC(=O)O)s2)c1. The van der Waals surface area contributed by atoms with Gasteiger partial charge in [-0.3, -0.25) is 14.9 Å². The average Bonchev–Trinajstić information content (AvgIpc) is 3.25. The van der Waals surface area contributed by atoms with Crippen LogP contribution in [0, 0.1) is 0 Å². The number of benzene rings is 2. The Morgan fingerprint density at radius 3 is 2.47 bits per heavy atom. The van der Waals surface area contributed by atoms with Crippen molar-refractivity contribution >= 4 is 40.1 Å². The Morgan fingerprint density at radius 1 is 1.09 bits per heavy atom. The number of carboxylic acid groups (broad SMARTS) is 1. The van der Waals surface area contributed by atoms with Gasteiger partial charge in [0.05, 0.1) is 29.9 Å². The first-order chi connectivity index (χ1) is 16.4.